The molecule has 4 nitrogen and oxygen atoms in total. The Kier molecular flexibility index (Phi) is 3.02. The Morgan fingerprint density at radius 2 is 1.93 bits per heavy atom. The molecule has 2 rings (SSSR count). The zero-order valence-electron chi connectivity index (χ0n) is 8.04. The predicted molar refractivity (Wildman–Crippen MR) is 59.7 cm³/mol. The van der Waals surface area contributed by atoms with Crippen LogP contribution in [0.5, 0.6) is 0 Å². The fourth-order valence-corrected chi connectivity index (χ4v) is 1.07. The molecule has 0 unspecified atom stereocenters. The highest BCUT2D eigenvalue weighted by Gasteiger charge is 1.87. The van der Waals surface area contributed by atoms with Gasteiger partial charge < -0.3 is 0 Å². The maximum Gasteiger partial charge on any atom is 0.168 e. The van der Waals surface area contributed by atoms with Crippen molar-refractivity contribution in [3.05, 3.63) is 54.2 Å². The molecule has 0 saturated heterocycles. The molecule has 0 bridgehead atoms. The van der Waals surface area contributed by atoms with Gasteiger partial charge in [0.1, 0.15) is 0 Å². The molecule has 1 aromatic carbocycles. The molecule has 4 heteroatoms. The molecule has 0 saturated carbocycles. The Morgan fingerprint density at radius 1 is 1.07 bits per heavy atom. The molecule has 1 N–H and O–H groups in total. The zero-order valence-corrected chi connectivity index (χ0v) is 8.04. The summed E-state index contributed by atoms with van der Waals surface area (Å²) in [5.41, 5.74) is 3.82. The van der Waals surface area contributed by atoms with Crippen molar-refractivity contribution in [1.82, 2.24) is 10.2 Å². The molecule has 0 atom stereocenters. The molecule has 0 amide bonds. The SMILES string of the molecule is C(=N\Nc1cccnn1)/c1ccccc1. The van der Waals surface area contributed by atoms with Crippen LogP contribution in [0.1, 0.15) is 5.56 Å². The molecule has 15 heavy (non-hydrogen) atoms. The standard InChI is InChI=1S/C11H10N4/c1-2-5-10(6-3-1)9-13-15-11-7-4-8-12-14-11/h1-9H,(H,14,15)/b13-9+. The van der Waals surface area contributed by atoms with E-state index >= 15 is 0 Å². The number of hydrogen-bond acceptors (Lipinski definition) is 4. The lowest BCUT2D eigenvalue weighted by atomic mass is 10.2. The van der Waals surface area contributed by atoms with Crippen molar-refractivity contribution in [3.63, 3.8) is 0 Å². The van der Waals surface area contributed by atoms with Crippen LogP contribution in [0.2, 0.25) is 0 Å². The average Bonchev–Trinajstić information content (AvgIpc) is 2.32. The summed E-state index contributed by atoms with van der Waals surface area (Å²) in [5, 5.41) is 11.6. The molecule has 0 aliphatic heterocycles. The number of nitrogens with one attached hydrogen (secondary N) is 1. The van der Waals surface area contributed by atoms with Gasteiger partial charge in [-0.2, -0.15) is 10.2 Å². The fourth-order valence-electron chi connectivity index (χ4n) is 1.07. The summed E-state index contributed by atoms with van der Waals surface area (Å²) in [7, 11) is 0. The second-order valence-corrected chi connectivity index (χ2v) is 2.89. The van der Waals surface area contributed by atoms with Crippen molar-refractivity contribution in [2.75, 3.05) is 5.43 Å². The maximum atomic E-state index is 4.03. The van der Waals surface area contributed by atoms with E-state index < -0.39 is 0 Å². The summed E-state index contributed by atoms with van der Waals surface area (Å²) in [6, 6.07) is 13.4. The van der Waals surface area contributed by atoms with Crippen LogP contribution < -0.4 is 5.43 Å². The van der Waals surface area contributed by atoms with E-state index in [1.165, 1.54) is 0 Å². The van der Waals surface area contributed by atoms with Crippen molar-refractivity contribution in [2.24, 2.45) is 5.10 Å². The summed E-state index contributed by atoms with van der Waals surface area (Å²) in [5.74, 6) is 0.629. The third-order valence-corrected chi connectivity index (χ3v) is 1.76. The van der Waals surface area contributed by atoms with E-state index in [0.717, 1.165) is 5.56 Å². The van der Waals surface area contributed by atoms with E-state index in [4.69, 9.17) is 0 Å². The Morgan fingerprint density at radius 3 is 2.67 bits per heavy atom. The van der Waals surface area contributed by atoms with Gasteiger partial charge in [0.05, 0.1) is 6.21 Å². The average molecular weight is 198 g/mol. The van der Waals surface area contributed by atoms with Crippen molar-refractivity contribution in [2.45, 2.75) is 0 Å². The molecular formula is C11H10N4. The third kappa shape index (κ3) is 2.87. The van der Waals surface area contributed by atoms with Crippen LogP contribution in [0.3, 0.4) is 0 Å². The predicted octanol–water partition coefficient (Wildman–Crippen LogP) is 1.92. The fraction of sp³-hybridized carbons (Fsp3) is 0. The first kappa shape index (κ1) is 9.33. The van der Waals surface area contributed by atoms with Crippen LogP contribution in [-0.4, -0.2) is 16.4 Å². The van der Waals surface area contributed by atoms with Crippen LogP contribution in [0.15, 0.2) is 53.8 Å². The Balaban J connectivity index is 1.97. The van der Waals surface area contributed by atoms with Crippen LogP contribution in [-0.2, 0) is 0 Å². The van der Waals surface area contributed by atoms with E-state index in [1.54, 1.807) is 24.5 Å². The second-order valence-electron chi connectivity index (χ2n) is 2.89. The Labute approximate surface area is 87.7 Å². The summed E-state index contributed by atoms with van der Waals surface area (Å²) in [4.78, 5) is 0. The van der Waals surface area contributed by atoms with Gasteiger partial charge in [-0.05, 0) is 17.7 Å². The molecule has 2 aromatic rings. The van der Waals surface area contributed by atoms with Gasteiger partial charge in [0, 0.05) is 6.20 Å². The first-order chi connectivity index (χ1) is 7.45. The topological polar surface area (TPSA) is 50.2 Å². The summed E-state index contributed by atoms with van der Waals surface area (Å²) < 4.78 is 0. The number of anilines is 1. The Hall–Kier alpha value is -2.23. The van der Waals surface area contributed by atoms with Crippen molar-refractivity contribution >= 4 is 12.0 Å². The monoisotopic (exact) mass is 198 g/mol. The number of nitrogens with zero attached hydrogens (tertiary/aromatic N) is 3. The van der Waals surface area contributed by atoms with Crippen LogP contribution >= 0.6 is 0 Å². The van der Waals surface area contributed by atoms with Gasteiger partial charge in [0.2, 0.25) is 0 Å². The van der Waals surface area contributed by atoms with Gasteiger partial charge in [-0.25, -0.2) is 0 Å². The molecule has 0 aliphatic carbocycles. The van der Waals surface area contributed by atoms with E-state index in [0.29, 0.717) is 5.82 Å². The lowest BCUT2D eigenvalue weighted by molar-refractivity contribution is 1.02. The molecule has 0 radical (unpaired) electrons. The largest absolute Gasteiger partial charge is 0.260 e. The molecule has 0 spiro atoms. The lowest BCUT2D eigenvalue weighted by Gasteiger charge is -1.95. The maximum absolute atomic E-state index is 4.03. The third-order valence-electron chi connectivity index (χ3n) is 1.76. The minimum Gasteiger partial charge on any atom is -0.260 e. The van der Waals surface area contributed by atoms with Crippen molar-refractivity contribution in [1.29, 1.82) is 0 Å². The normalized spacial score (nSPS) is 10.4. The number of hydrogen-bond donors (Lipinski definition) is 1. The van der Waals surface area contributed by atoms with Crippen LogP contribution in [0.4, 0.5) is 5.82 Å². The van der Waals surface area contributed by atoms with E-state index in [9.17, 15) is 0 Å². The smallest absolute Gasteiger partial charge is 0.168 e. The second kappa shape index (κ2) is 4.85. The number of benzene rings is 1. The number of rotatable bonds is 3. The molecular weight excluding hydrogens is 188 g/mol. The van der Waals surface area contributed by atoms with Gasteiger partial charge >= 0.3 is 0 Å². The van der Waals surface area contributed by atoms with Gasteiger partial charge in [-0.3, -0.25) is 5.43 Å². The van der Waals surface area contributed by atoms with Crippen LogP contribution in [0.25, 0.3) is 0 Å². The molecule has 1 aromatic heterocycles. The summed E-state index contributed by atoms with van der Waals surface area (Å²) >= 11 is 0. The zero-order chi connectivity index (χ0) is 10.3. The lowest BCUT2D eigenvalue weighted by Crippen LogP contribution is -1.93. The van der Waals surface area contributed by atoms with E-state index in [2.05, 4.69) is 20.7 Å². The first-order valence-electron chi connectivity index (χ1n) is 4.57. The summed E-state index contributed by atoms with van der Waals surface area (Å²) in [6.45, 7) is 0. The Bertz CT molecular complexity index is 425. The first-order valence-corrected chi connectivity index (χ1v) is 4.57. The minimum absolute atomic E-state index is 0.629. The van der Waals surface area contributed by atoms with E-state index in [-0.39, 0.29) is 0 Å². The molecule has 74 valence electrons. The molecule has 0 fully saturated rings. The van der Waals surface area contributed by atoms with Gasteiger partial charge in [0.15, 0.2) is 5.82 Å². The highest BCUT2D eigenvalue weighted by atomic mass is 15.3. The summed E-state index contributed by atoms with van der Waals surface area (Å²) in [6.07, 6.45) is 3.35. The van der Waals surface area contributed by atoms with Crippen LogP contribution in [0, 0.1) is 0 Å². The molecule has 0 aliphatic rings. The van der Waals surface area contributed by atoms with E-state index in [1.807, 2.05) is 30.3 Å². The highest BCUT2D eigenvalue weighted by molar-refractivity contribution is 5.79. The van der Waals surface area contributed by atoms with Gasteiger partial charge in [0.25, 0.3) is 0 Å². The quantitative estimate of drug-likeness (QED) is 0.605. The van der Waals surface area contributed by atoms with Gasteiger partial charge in [-0.1, -0.05) is 30.3 Å². The molecule has 1 heterocycles. The highest BCUT2D eigenvalue weighted by Crippen LogP contribution is 1.98. The van der Waals surface area contributed by atoms with Gasteiger partial charge in [-0.15, -0.1) is 5.10 Å². The minimum atomic E-state index is 0.629. The number of aromatic nitrogens is 2. The van der Waals surface area contributed by atoms with Crippen molar-refractivity contribution in [3.8, 4) is 0 Å². The van der Waals surface area contributed by atoms with Crippen molar-refractivity contribution < 1.29 is 0 Å². The number of hydrazone groups is 1.